The molecule has 0 spiro atoms. The fraction of sp³-hybridized carbons (Fsp3) is 1.00. The third-order valence-corrected chi connectivity index (χ3v) is 2.80. The highest BCUT2D eigenvalue weighted by Crippen LogP contribution is 2.38. The van der Waals surface area contributed by atoms with Crippen molar-refractivity contribution in [2.24, 2.45) is 17.8 Å². The molecule has 0 aromatic rings. The van der Waals surface area contributed by atoms with Crippen molar-refractivity contribution in [3.8, 4) is 0 Å². The van der Waals surface area contributed by atoms with Crippen LogP contribution in [0.25, 0.3) is 0 Å². The molecular weight excluding hydrogens is 160 g/mol. The molecule has 1 saturated carbocycles. The zero-order chi connectivity index (χ0) is 9.84. The van der Waals surface area contributed by atoms with E-state index < -0.39 is 0 Å². The molecule has 0 radical (unpaired) electrons. The van der Waals surface area contributed by atoms with E-state index >= 15 is 0 Å². The van der Waals surface area contributed by atoms with Crippen molar-refractivity contribution in [3.63, 3.8) is 0 Å². The Hall–Kier alpha value is -0.0400. The van der Waals surface area contributed by atoms with Crippen molar-refractivity contribution >= 4 is 0 Å². The van der Waals surface area contributed by atoms with Crippen molar-refractivity contribution in [2.75, 3.05) is 6.61 Å². The molecular formula is C12H24O. The first-order valence-corrected chi connectivity index (χ1v) is 5.69. The lowest BCUT2D eigenvalue weighted by Gasteiger charge is -2.36. The highest BCUT2D eigenvalue weighted by atomic mass is 16.5. The molecule has 0 aromatic carbocycles. The van der Waals surface area contributed by atoms with Crippen LogP contribution in [0.2, 0.25) is 0 Å². The average Bonchev–Trinajstić information content (AvgIpc) is 1.92. The van der Waals surface area contributed by atoms with Gasteiger partial charge in [-0.1, -0.05) is 13.8 Å². The normalized spacial score (nSPS) is 28.2. The van der Waals surface area contributed by atoms with Crippen LogP contribution in [0, 0.1) is 17.8 Å². The largest absolute Gasteiger partial charge is 0.379 e. The predicted molar refractivity (Wildman–Crippen MR) is 56.8 cm³/mol. The van der Waals surface area contributed by atoms with Crippen LogP contribution in [-0.4, -0.2) is 12.7 Å². The van der Waals surface area contributed by atoms with Gasteiger partial charge in [-0.2, -0.15) is 0 Å². The van der Waals surface area contributed by atoms with Gasteiger partial charge in [0, 0.05) is 6.61 Å². The van der Waals surface area contributed by atoms with Crippen LogP contribution in [-0.2, 0) is 4.74 Å². The number of hydrogen-bond acceptors (Lipinski definition) is 1. The molecule has 0 heterocycles. The molecule has 1 nitrogen and oxygen atoms in total. The Kier molecular flexibility index (Phi) is 4.24. The smallest absolute Gasteiger partial charge is 0.0519 e. The molecule has 1 heteroatoms. The standard InChI is InChI=1S/C12H24O/c1-9(2)5-11-6-12(7-11)8-13-10(3)4/h9-12H,5-8H2,1-4H3. The second kappa shape index (κ2) is 4.99. The summed E-state index contributed by atoms with van der Waals surface area (Å²) in [6, 6.07) is 0. The van der Waals surface area contributed by atoms with Crippen LogP contribution in [0.4, 0.5) is 0 Å². The topological polar surface area (TPSA) is 9.23 Å². The summed E-state index contributed by atoms with van der Waals surface area (Å²) < 4.78 is 5.60. The van der Waals surface area contributed by atoms with Gasteiger partial charge in [0.1, 0.15) is 0 Å². The summed E-state index contributed by atoms with van der Waals surface area (Å²) in [5, 5.41) is 0. The molecule has 1 aliphatic carbocycles. The van der Waals surface area contributed by atoms with E-state index in [4.69, 9.17) is 4.74 Å². The van der Waals surface area contributed by atoms with Gasteiger partial charge in [-0.05, 0) is 50.9 Å². The summed E-state index contributed by atoms with van der Waals surface area (Å²) in [5.41, 5.74) is 0. The molecule has 0 saturated heterocycles. The maximum absolute atomic E-state index is 5.60. The first kappa shape index (κ1) is 11.0. The van der Waals surface area contributed by atoms with Crippen LogP contribution in [0.5, 0.6) is 0 Å². The monoisotopic (exact) mass is 184 g/mol. The van der Waals surface area contributed by atoms with E-state index in [1.807, 2.05) is 0 Å². The van der Waals surface area contributed by atoms with Crippen LogP contribution >= 0.6 is 0 Å². The van der Waals surface area contributed by atoms with Crippen LogP contribution < -0.4 is 0 Å². The Bertz CT molecular complexity index is 134. The third-order valence-electron chi connectivity index (χ3n) is 2.80. The zero-order valence-electron chi connectivity index (χ0n) is 9.55. The van der Waals surface area contributed by atoms with E-state index in [9.17, 15) is 0 Å². The van der Waals surface area contributed by atoms with Gasteiger partial charge in [0.2, 0.25) is 0 Å². The second-order valence-corrected chi connectivity index (χ2v) is 5.22. The molecule has 0 N–H and O–H groups in total. The van der Waals surface area contributed by atoms with Gasteiger partial charge < -0.3 is 4.74 Å². The van der Waals surface area contributed by atoms with Crippen LogP contribution in [0.3, 0.4) is 0 Å². The summed E-state index contributed by atoms with van der Waals surface area (Å²) in [7, 11) is 0. The Labute approximate surface area is 82.9 Å². The lowest BCUT2D eigenvalue weighted by atomic mass is 9.72. The highest BCUT2D eigenvalue weighted by Gasteiger charge is 2.29. The fourth-order valence-corrected chi connectivity index (χ4v) is 2.20. The number of ether oxygens (including phenoxy) is 1. The molecule has 0 atom stereocenters. The van der Waals surface area contributed by atoms with Crippen molar-refractivity contribution in [3.05, 3.63) is 0 Å². The SMILES string of the molecule is CC(C)CC1CC(COC(C)C)C1. The highest BCUT2D eigenvalue weighted by molar-refractivity contribution is 4.79. The van der Waals surface area contributed by atoms with E-state index in [1.54, 1.807) is 0 Å². The van der Waals surface area contributed by atoms with Gasteiger partial charge in [-0.15, -0.1) is 0 Å². The lowest BCUT2D eigenvalue weighted by molar-refractivity contribution is 0.00668. The molecule has 0 aromatic heterocycles. The fourth-order valence-electron chi connectivity index (χ4n) is 2.20. The predicted octanol–water partition coefficient (Wildman–Crippen LogP) is 3.48. The van der Waals surface area contributed by atoms with Gasteiger partial charge in [-0.25, -0.2) is 0 Å². The molecule has 1 rings (SSSR count). The molecule has 0 aliphatic heterocycles. The quantitative estimate of drug-likeness (QED) is 0.635. The third kappa shape index (κ3) is 4.12. The molecule has 1 aliphatic rings. The summed E-state index contributed by atoms with van der Waals surface area (Å²) >= 11 is 0. The minimum absolute atomic E-state index is 0.407. The van der Waals surface area contributed by atoms with Crippen molar-refractivity contribution < 1.29 is 4.74 Å². The summed E-state index contributed by atoms with van der Waals surface area (Å²) in [6.07, 6.45) is 4.64. The number of hydrogen-bond donors (Lipinski definition) is 0. The van der Waals surface area contributed by atoms with Crippen molar-refractivity contribution in [1.29, 1.82) is 0 Å². The molecule has 1 fully saturated rings. The van der Waals surface area contributed by atoms with Gasteiger partial charge in [0.25, 0.3) is 0 Å². The molecule has 13 heavy (non-hydrogen) atoms. The van der Waals surface area contributed by atoms with E-state index in [1.165, 1.54) is 19.3 Å². The average molecular weight is 184 g/mol. The Morgan fingerprint density at radius 1 is 1.08 bits per heavy atom. The van der Waals surface area contributed by atoms with Gasteiger partial charge in [-0.3, -0.25) is 0 Å². The number of rotatable bonds is 5. The summed E-state index contributed by atoms with van der Waals surface area (Å²) in [5.74, 6) is 2.74. The van der Waals surface area contributed by atoms with E-state index in [0.717, 1.165) is 24.4 Å². The Morgan fingerprint density at radius 2 is 1.69 bits per heavy atom. The van der Waals surface area contributed by atoms with Crippen molar-refractivity contribution in [2.45, 2.75) is 53.1 Å². The molecule has 0 bridgehead atoms. The molecule has 0 unspecified atom stereocenters. The Balaban J connectivity index is 1.98. The minimum atomic E-state index is 0.407. The lowest BCUT2D eigenvalue weighted by Crippen LogP contribution is -2.29. The first-order valence-electron chi connectivity index (χ1n) is 5.69. The van der Waals surface area contributed by atoms with Crippen LogP contribution in [0.1, 0.15) is 47.0 Å². The molecule has 78 valence electrons. The zero-order valence-corrected chi connectivity index (χ0v) is 9.55. The summed E-state index contributed by atoms with van der Waals surface area (Å²) in [6.45, 7) is 9.86. The van der Waals surface area contributed by atoms with E-state index in [2.05, 4.69) is 27.7 Å². The van der Waals surface area contributed by atoms with E-state index in [0.29, 0.717) is 6.10 Å². The second-order valence-electron chi connectivity index (χ2n) is 5.22. The van der Waals surface area contributed by atoms with Gasteiger partial charge in [0.15, 0.2) is 0 Å². The van der Waals surface area contributed by atoms with Gasteiger partial charge >= 0.3 is 0 Å². The Morgan fingerprint density at radius 3 is 2.15 bits per heavy atom. The van der Waals surface area contributed by atoms with E-state index in [-0.39, 0.29) is 0 Å². The van der Waals surface area contributed by atoms with Crippen molar-refractivity contribution in [1.82, 2.24) is 0 Å². The first-order chi connectivity index (χ1) is 6.08. The molecule has 0 amide bonds. The van der Waals surface area contributed by atoms with Crippen LogP contribution in [0.15, 0.2) is 0 Å². The van der Waals surface area contributed by atoms with Gasteiger partial charge in [0.05, 0.1) is 6.10 Å². The maximum atomic E-state index is 5.60. The maximum Gasteiger partial charge on any atom is 0.0519 e. The minimum Gasteiger partial charge on any atom is -0.379 e. The summed E-state index contributed by atoms with van der Waals surface area (Å²) in [4.78, 5) is 0.